The first-order valence-corrected chi connectivity index (χ1v) is 13.7. The maximum absolute atomic E-state index is 13.6. The van der Waals surface area contributed by atoms with E-state index >= 15 is 0 Å². The highest BCUT2D eigenvalue weighted by atomic mass is 32.1. The summed E-state index contributed by atoms with van der Waals surface area (Å²) in [5, 5.41) is 11.9. The van der Waals surface area contributed by atoms with Crippen LogP contribution in [-0.4, -0.2) is 35.5 Å². The van der Waals surface area contributed by atoms with E-state index in [2.05, 4.69) is 18.8 Å². The van der Waals surface area contributed by atoms with Gasteiger partial charge < -0.3 is 14.6 Å². The fourth-order valence-electron chi connectivity index (χ4n) is 4.64. The molecule has 8 heteroatoms. The Bertz CT molecular complexity index is 1570. The Labute approximate surface area is 231 Å². The van der Waals surface area contributed by atoms with Crippen LogP contribution in [0.15, 0.2) is 72.3 Å². The van der Waals surface area contributed by atoms with E-state index in [0.717, 1.165) is 16.7 Å². The number of benzene rings is 3. The number of anilines is 1. The number of thiazole rings is 1. The first kappa shape index (κ1) is 26.4. The predicted molar refractivity (Wildman–Crippen MR) is 154 cm³/mol. The number of aromatic nitrogens is 1. The molecule has 200 valence electrons. The van der Waals surface area contributed by atoms with Gasteiger partial charge in [-0.2, -0.15) is 0 Å². The Kier molecular flexibility index (Phi) is 7.39. The van der Waals surface area contributed by atoms with Crippen LogP contribution in [0.25, 0.3) is 16.0 Å². The van der Waals surface area contributed by atoms with E-state index in [-0.39, 0.29) is 11.3 Å². The van der Waals surface area contributed by atoms with Gasteiger partial charge >= 0.3 is 5.91 Å². The van der Waals surface area contributed by atoms with Crippen LogP contribution in [0.1, 0.15) is 55.8 Å². The lowest BCUT2D eigenvalue weighted by atomic mass is 9.93. The van der Waals surface area contributed by atoms with Gasteiger partial charge in [0.2, 0.25) is 0 Å². The first-order chi connectivity index (χ1) is 18.8. The molecule has 0 spiro atoms. The maximum Gasteiger partial charge on any atom is 0.301 e. The van der Waals surface area contributed by atoms with Gasteiger partial charge in [0.05, 0.1) is 35.5 Å². The fourth-order valence-corrected chi connectivity index (χ4v) is 5.66. The second-order valence-corrected chi connectivity index (χ2v) is 10.7. The Hall–Kier alpha value is -4.17. The molecule has 1 fully saturated rings. The van der Waals surface area contributed by atoms with Crippen molar-refractivity contribution in [3.8, 4) is 11.5 Å². The molecule has 1 amide bonds. The lowest BCUT2D eigenvalue weighted by Crippen LogP contribution is -2.29. The number of hydrogen-bond donors (Lipinski definition) is 1. The Balaban J connectivity index is 1.67. The summed E-state index contributed by atoms with van der Waals surface area (Å²) in [7, 11) is 1.59. The summed E-state index contributed by atoms with van der Waals surface area (Å²) < 4.78 is 11.9. The average molecular weight is 543 g/mol. The summed E-state index contributed by atoms with van der Waals surface area (Å²) in [5.74, 6) is -0.186. The van der Waals surface area contributed by atoms with Crippen molar-refractivity contribution in [2.24, 2.45) is 0 Å². The molecular weight excluding hydrogens is 512 g/mol. The van der Waals surface area contributed by atoms with E-state index in [9.17, 15) is 14.7 Å². The summed E-state index contributed by atoms with van der Waals surface area (Å²) in [6.45, 7) is 6.74. The van der Waals surface area contributed by atoms with E-state index in [1.165, 1.54) is 16.2 Å². The Morgan fingerprint density at radius 2 is 1.82 bits per heavy atom. The number of methoxy groups -OCH3 is 1. The molecule has 39 heavy (non-hydrogen) atoms. The molecule has 2 heterocycles. The molecular formula is C31H30N2O5S. The molecule has 1 N–H and O–H groups in total. The van der Waals surface area contributed by atoms with Gasteiger partial charge in [-0.1, -0.05) is 68.5 Å². The number of Topliss-reactive ketones (excluding diaryl/α,β-unsaturated/α-hetero) is 1. The monoisotopic (exact) mass is 542 g/mol. The number of rotatable bonds is 8. The molecule has 0 bridgehead atoms. The highest BCUT2D eigenvalue weighted by molar-refractivity contribution is 7.22. The number of amides is 1. The van der Waals surface area contributed by atoms with Crippen molar-refractivity contribution in [3.63, 3.8) is 0 Å². The Morgan fingerprint density at radius 3 is 2.51 bits per heavy atom. The number of hydrogen-bond acceptors (Lipinski definition) is 7. The highest BCUT2D eigenvalue weighted by Crippen LogP contribution is 2.45. The van der Waals surface area contributed by atoms with Crippen molar-refractivity contribution in [2.45, 2.75) is 39.2 Å². The van der Waals surface area contributed by atoms with Crippen molar-refractivity contribution < 1.29 is 24.2 Å². The van der Waals surface area contributed by atoms with Gasteiger partial charge in [0.25, 0.3) is 5.78 Å². The molecule has 1 saturated heterocycles. The fraction of sp³-hybridized carbons (Fsp3) is 0.258. The third-order valence-electron chi connectivity index (χ3n) is 6.73. The summed E-state index contributed by atoms with van der Waals surface area (Å²) >= 11 is 1.29. The lowest BCUT2D eigenvalue weighted by Gasteiger charge is -2.23. The van der Waals surface area contributed by atoms with Crippen molar-refractivity contribution in [1.82, 2.24) is 4.98 Å². The standard InChI is InChI=1S/C31H30N2O5S/c1-5-15-38-23-8-6-7-21(16-23)28(34)26-27(20-11-9-19(10-12-20)18(2)3)33(30(36)29(26)35)31-32-24-14-13-22(37-4)17-25(24)39-31/h6-14,16-18,27,34H,5,15H2,1-4H3/b28-26+. The van der Waals surface area contributed by atoms with Gasteiger partial charge in [0.15, 0.2) is 5.13 Å². The molecule has 1 aromatic heterocycles. The molecule has 0 aliphatic carbocycles. The number of carbonyl (C=O) groups is 2. The minimum Gasteiger partial charge on any atom is -0.507 e. The van der Waals surface area contributed by atoms with E-state index in [4.69, 9.17) is 9.47 Å². The average Bonchev–Trinajstić information content (AvgIpc) is 3.49. The zero-order valence-electron chi connectivity index (χ0n) is 22.3. The van der Waals surface area contributed by atoms with Crippen LogP contribution in [0.4, 0.5) is 5.13 Å². The third-order valence-corrected chi connectivity index (χ3v) is 7.75. The normalized spacial score (nSPS) is 16.8. The summed E-state index contributed by atoms with van der Waals surface area (Å²) in [6, 6.07) is 19.3. The van der Waals surface area contributed by atoms with Crippen molar-refractivity contribution in [1.29, 1.82) is 0 Å². The SMILES string of the molecule is CCCOc1cccc(/C(O)=C2\C(=O)C(=O)N(c3nc4ccc(OC)cc4s3)C2c2ccc(C(C)C)cc2)c1. The van der Waals surface area contributed by atoms with Crippen molar-refractivity contribution in [2.75, 3.05) is 18.6 Å². The van der Waals surface area contributed by atoms with E-state index < -0.39 is 17.7 Å². The molecule has 1 aliphatic heterocycles. The molecule has 5 rings (SSSR count). The van der Waals surface area contributed by atoms with Crippen LogP contribution in [0.5, 0.6) is 11.5 Å². The topological polar surface area (TPSA) is 89.0 Å². The first-order valence-electron chi connectivity index (χ1n) is 12.9. The van der Waals surface area contributed by atoms with Crippen molar-refractivity contribution in [3.05, 3.63) is 89.0 Å². The van der Waals surface area contributed by atoms with Gasteiger partial charge in [0, 0.05) is 5.56 Å². The van der Waals surface area contributed by atoms with Crippen LogP contribution < -0.4 is 14.4 Å². The highest BCUT2D eigenvalue weighted by Gasteiger charge is 2.48. The van der Waals surface area contributed by atoms with Crippen LogP contribution in [-0.2, 0) is 9.59 Å². The molecule has 4 aromatic rings. The number of aliphatic hydroxyl groups is 1. The van der Waals surface area contributed by atoms with Gasteiger partial charge in [-0.3, -0.25) is 14.5 Å². The molecule has 1 atom stereocenters. The number of fused-ring (bicyclic) bond motifs is 1. The van der Waals surface area contributed by atoms with Crippen LogP contribution in [0, 0.1) is 0 Å². The van der Waals surface area contributed by atoms with E-state index in [1.54, 1.807) is 37.4 Å². The second-order valence-electron chi connectivity index (χ2n) is 9.70. The molecule has 3 aromatic carbocycles. The smallest absolute Gasteiger partial charge is 0.301 e. The predicted octanol–water partition coefficient (Wildman–Crippen LogP) is 6.84. The zero-order valence-corrected chi connectivity index (χ0v) is 23.1. The maximum atomic E-state index is 13.6. The summed E-state index contributed by atoms with van der Waals surface area (Å²) in [4.78, 5) is 33.2. The number of aliphatic hydroxyl groups excluding tert-OH is 1. The third kappa shape index (κ3) is 5.00. The quantitative estimate of drug-likeness (QED) is 0.149. The van der Waals surface area contributed by atoms with Gasteiger partial charge in [-0.05, 0) is 53.8 Å². The molecule has 1 aliphatic rings. The number of ether oxygens (including phenoxy) is 2. The van der Waals surface area contributed by atoms with E-state index in [1.807, 2.05) is 43.3 Å². The number of ketones is 1. The van der Waals surface area contributed by atoms with Crippen LogP contribution in [0.2, 0.25) is 0 Å². The molecule has 1 unspecified atom stereocenters. The lowest BCUT2D eigenvalue weighted by molar-refractivity contribution is -0.132. The number of carbonyl (C=O) groups excluding carboxylic acids is 2. The minimum absolute atomic E-state index is 0.0155. The summed E-state index contributed by atoms with van der Waals surface area (Å²) in [5.41, 5.74) is 2.94. The van der Waals surface area contributed by atoms with Crippen molar-refractivity contribution >= 4 is 44.1 Å². The number of nitrogens with zero attached hydrogens (tertiary/aromatic N) is 2. The van der Waals surface area contributed by atoms with Crippen LogP contribution in [0.3, 0.4) is 0 Å². The molecule has 7 nitrogen and oxygen atoms in total. The molecule has 0 saturated carbocycles. The van der Waals surface area contributed by atoms with Gasteiger partial charge in [0.1, 0.15) is 17.3 Å². The molecule has 0 radical (unpaired) electrons. The largest absolute Gasteiger partial charge is 0.507 e. The second kappa shape index (κ2) is 10.9. The van der Waals surface area contributed by atoms with E-state index in [0.29, 0.717) is 45.8 Å². The van der Waals surface area contributed by atoms with Gasteiger partial charge in [-0.25, -0.2) is 4.98 Å². The minimum atomic E-state index is -0.853. The zero-order chi connectivity index (χ0) is 27.7. The van der Waals surface area contributed by atoms with Gasteiger partial charge in [-0.15, -0.1) is 0 Å². The Morgan fingerprint density at radius 1 is 1.05 bits per heavy atom. The van der Waals surface area contributed by atoms with Crippen LogP contribution >= 0.6 is 11.3 Å². The summed E-state index contributed by atoms with van der Waals surface area (Å²) in [6.07, 6.45) is 0.835.